The third-order valence-electron chi connectivity index (χ3n) is 5.68. The number of ketones is 1. The zero-order chi connectivity index (χ0) is 24.1. The molecule has 0 saturated carbocycles. The van der Waals surface area contributed by atoms with Crippen LogP contribution in [0, 0.1) is 5.82 Å². The summed E-state index contributed by atoms with van der Waals surface area (Å²) in [6.45, 7) is 2.09. The maximum absolute atomic E-state index is 13.2. The van der Waals surface area contributed by atoms with Crippen LogP contribution in [-0.4, -0.2) is 60.1 Å². The highest BCUT2D eigenvalue weighted by Crippen LogP contribution is 2.21. The van der Waals surface area contributed by atoms with Crippen molar-refractivity contribution in [2.24, 2.45) is 0 Å². The van der Waals surface area contributed by atoms with Gasteiger partial charge >= 0.3 is 0 Å². The number of carbonyl (C=O) groups excluding carboxylic acids is 3. The predicted octanol–water partition coefficient (Wildman–Crippen LogP) is 4.11. The molecule has 2 amide bonds. The van der Waals surface area contributed by atoms with E-state index < -0.39 is 5.82 Å². The van der Waals surface area contributed by atoms with E-state index in [0.29, 0.717) is 48.0 Å². The maximum atomic E-state index is 13.2. The van der Waals surface area contributed by atoms with Crippen LogP contribution in [0.3, 0.4) is 0 Å². The van der Waals surface area contributed by atoms with E-state index in [1.807, 2.05) is 4.90 Å². The van der Waals surface area contributed by atoms with Crippen molar-refractivity contribution in [1.29, 1.82) is 0 Å². The third kappa shape index (κ3) is 5.50. The molecule has 174 valence electrons. The minimum Gasteiger partial charge on any atom is -0.336 e. The zero-order valence-electron chi connectivity index (χ0n) is 18.3. The molecule has 0 radical (unpaired) electrons. The lowest BCUT2D eigenvalue weighted by Crippen LogP contribution is -2.50. The SMILES string of the molecule is O=C(CN1CCN(C(=O)c2ccccc2C(=O)c2ccc(F)cc2)CC1)Nc1ccccc1Cl. The second-order valence-electron chi connectivity index (χ2n) is 7.98. The maximum Gasteiger partial charge on any atom is 0.254 e. The van der Waals surface area contributed by atoms with Crippen molar-refractivity contribution in [3.63, 3.8) is 0 Å². The molecule has 1 N–H and O–H groups in total. The summed E-state index contributed by atoms with van der Waals surface area (Å²) in [5.41, 5.74) is 1.46. The van der Waals surface area contributed by atoms with Gasteiger partial charge in [0.05, 0.1) is 22.8 Å². The second kappa shape index (κ2) is 10.6. The summed E-state index contributed by atoms with van der Waals surface area (Å²) in [5, 5.41) is 3.27. The highest BCUT2D eigenvalue weighted by Gasteiger charge is 2.26. The number of halogens is 2. The Kier molecular flexibility index (Phi) is 7.35. The van der Waals surface area contributed by atoms with E-state index in [0.717, 1.165) is 0 Å². The Balaban J connectivity index is 1.37. The normalized spacial score (nSPS) is 14.0. The van der Waals surface area contributed by atoms with Gasteiger partial charge in [0.25, 0.3) is 5.91 Å². The second-order valence-corrected chi connectivity index (χ2v) is 8.39. The van der Waals surface area contributed by atoms with Crippen LogP contribution in [-0.2, 0) is 4.79 Å². The molecule has 8 heteroatoms. The molecular weight excluding hydrogens is 457 g/mol. The van der Waals surface area contributed by atoms with Gasteiger partial charge < -0.3 is 10.2 Å². The summed E-state index contributed by atoms with van der Waals surface area (Å²) in [5.74, 6) is -1.19. The Bertz CT molecular complexity index is 1210. The van der Waals surface area contributed by atoms with E-state index in [-0.39, 0.29) is 29.7 Å². The van der Waals surface area contributed by atoms with Gasteiger partial charge in [0.2, 0.25) is 5.91 Å². The van der Waals surface area contributed by atoms with E-state index in [2.05, 4.69) is 5.32 Å². The largest absolute Gasteiger partial charge is 0.336 e. The molecule has 1 heterocycles. The van der Waals surface area contributed by atoms with Crippen LogP contribution in [0.5, 0.6) is 0 Å². The number of rotatable bonds is 6. The molecule has 3 aromatic rings. The number of nitrogens with one attached hydrogen (secondary N) is 1. The van der Waals surface area contributed by atoms with Gasteiger partial charge in [-0.25, -0.2) is 4.39 Å². The van der Waals surface area contributed by atoms with Gasteiger partial charge in [-0.05, 0) is 42.5 Å². The predicted molar refractivity (Wildman–Crippen MR) is 129 cm³/mol. The Morgan fingerprint density at radius 3 is 2.12 bits per heavy atom. The number of anilines is 1. The number of amides is 2. The van der Waals surface area contributed by atoms with Crippen LogP contribution < -0.4 is 5.32 Å². The Hall–Kier alpha value is -3.55. The smallest absolute Gasteiger partial charge is 0.254 e. The summed E-state index contributed by atoms with van der Waals surface area (Å²) in [7, 11) is 0. The lowest BCUT2D eigenvalue weighted by atomic mass is 9.97. The summed E-state index contributed by atoms with van der Waals surface area (Å²) < 4.78 is 13.2. The topological polar surface area (TPSA) is 69.7 Å². The molecule has 0 bridgehead atoms. The fourth-order valence-corrected chi connectivity index (χ4v) is 4.04. The quantitative estimate of drug-likeness (QED) is 0.540. The number of hydrogen-bond acceptors (Lipinski definition) is 4. The summed E-state index contributed by atoms with van der Waals surface area (Å²) in [6, 6.07) is 18.9. The molecule has 0 spiro atoms. The average Bonchev–Trinajstić information content (AvgIpc) is 2.85. The van der Waals surface area contributed by atoms with E-state index in [9.17, 15) is 18.8 Å². The molecule has 1 aliphatic heterocycles. The van der Waals surface area contributed by atoms with Crippen molar-refractivity contribution in [3.05, 3.63) is 100 Å². The molecule has 1 fully saturated rings. The number of piperazine rings is 1. The van der Waals surface area contributed by atoms with E-state index in [1.165, 1.54) is 24.3 Å². The summed E-state index contributed by atoms with van der Waals surface area (Å²) >= 11 is 6.09. The number of carbonyl (C=O) groups is 3. The number of para-hydroxylation sites is 1. The van der Waals surface area contributed by atoms with Crippen LogP contribution >= 0.6 is 11.6 Å². The van der Waals surface area contributed by atoms with Gasteiger partial charge in [-0.3, -0.25) is 19.3 Å². The Morgan fingerprint density at radius 2 is 1.44 bits per heavy atom. The van der Waals surface area contributed by atoms with Gasteiger partial charge in [0.1, 0.15) is 5.82 Å². The number of benzene rings is 3. The van der Waals surface area contributed by atoms with Crippen LogP contribution in [0.4, 0.5) is 10.1 Å². The van der Waals surface area contributed by atoms with Crippen molar-refractivity contribution in [3.8, 4) is 0 Å². The van der Waals surface area contributed by atoms with Gasteiger partial charge in [-0.15, -0.1) is 0 Å². The summed E-state index contributed by atoms with van der Waals surface area (Å²) in [6.07, 6.45) is 0. The van der Waals surface area contributed by atoms with Crippen LogP contribution in [0.1, 0.15) is 26.3 Å². The van der Waals surface area contributed by atoms with Crippen molar-refractivity contribution >= 4 is 34.9 Å². The Labute approximate surface area is 201 Å². The van der Waals surface area contributed by atoms with Crippen LogP contribution in [0.25, 0.3) is 0 Å². The molecule has 34 heavy (non-hydrogen) atoms. The van der Waals surface area contributed by atoms with Gasteiger partial charge in [0, 0.05) is 37.3 Å². The standard InChI is InChI=1S/C26H23ClFN3O3/c27-22-7-3-4-8-23(22)29-24(32)17-30-13-15-31(16-14-30)26(34)21-6-2-1-5-20(21)25(33)18-9-11-19(28)12-10-18/h1-12H,13-17H2,(H,29,32). The van der Waals surface area contributed by atoms with Crippen LogP contribution in [0.2, 0.25) is 5.02 Å². The molecule has 3 aromatic carbocycles. The molecule has 4 rings (SSSR count). The van der Waals surface area contributed by atoms with Crippen molar-refractivity contribution in [2.75, 3.05) is 38.0 Å². The molecule has 0 unspecified atom stereocenters. The van der Waals surface area contributed by atoms with Crippen LogP contribution in [0.15, 0.2) is 72.8 Å². The van der Waals surface area contributed by atoms with Crippen molar-refractivity contribution < 1.29 is 18.8 Å². The van der Waals surface area contributed by atoms with Crippen molar-refractivity contribution in [2.45, 2.75) is 0 Å². The molecule has 1 saturated heterocycles. The summed E-state index contributed by atoms with van der Waals surface area (Å²) in [4.78, 5) is 42.2. The first-order valence-corrected chi connectivity index (χ1v) is 11.3. The van der Waals surface area contributed by atoms with E-state index in [1.54, 1.807) is 53.4 Å². The minimum absolute atomic E-state index is 0.178. The zero-order valence-corrected chi connectivity index (χ0v) is 19.1. The molecule has 0 aromatic heterocycles. The first-order valence-electron chi connectivity index (χ1n) is 10.9. The Morgan fingerprint density at radius 1 is 0.824 bits per heavy atom. The number of hydrogen-bond donors (Lipinski definition) is 1. The molecular formula is C26H23ClFN3O3. The molecule has 0 atom stereocenters. The van der Waals surface area contributed by atoms with Crippen molar-refractivity contribution in [1.82, 2.24) is 9.80 Å². The number of nitrogens with zero attached hydrogens (tertiary/aromatic N) is 2. The highest BCUT2D eigenvalue weighted by molar-refractivity contribution is 6.33. The lowest BCUT2D eigenvalue weighted by Gasteiger charge is -2.34. The third-order valence-corrected chi connectivity index (χ3v) is 6.01. The highest BCUT2D eigenvalue weighted by atomic mass is 35.5. The fourth-order valence-electron chi connectivity index (χ4n) is 3.86. The van der Waals surface area contributed by atoms with Gasteiger partial charge in [0.15, 0.2) is 5.78 Å². The fraction of sp³-hybridized carbons (Fsp3) is 0.192. The first-order chi connectivity index (χ1) is 16.4. The first kappa shape index (κ1) is 23.6. The minimum atomic E-state index is -0.431. The molecule has 0 aliphatic carbocycles. The van der Waals surface area contributed by atoms with Gasteiger partial charge in [-0.2, -0.15) is 0 Å². The lowest BCUT2D eigenvalue weighted by molar-refractivity contribution is -0.117. The monoisotopic (exact) mass is 479 g/mol. The van der Waals surface area contributed by atoms with Gasteiger partial charge in [-0.1, -0.05) is 41.9 Å². The molecule has 1 aliphatic rings. The van der Waals surface area contributed by atoms with E-state index >= 15 is 0 Å². The average molecular weight is 480 g/mol. The van der Waals surface area contributed by atoms with E-state index in [4.69, 9.17) is 11.6 Å². The molecule has 6 nitrogen and oxygen atoms in total.